The number of nitrogen functional groups attached to an aromatic ring is 1. The number of hydrogen-bond acceptors (Lipinski definition) is 2. The van der Waals surface area contributed by atoms with Gasteiger partial charge in [0.05, 0.1) is 11.3 Å². The van der Waals surface area contributed by atoms with Crippen LogP contribution in [-0.4, -0.2) is 11.2 Å². The number of aromatic nitrogens is 1. The number of pyridine rings is 1. The molecule has 0 aliphatic carbocycles. The Balaban J connectivity index is 2.77. The summed E-state index contributed by atoms with van der Waals surface area (Å²) in [6.07, 6.45) is -2.07. The summed E-state index contributed by atoms with van der Waals surface area (Å²) in [5.74, 6) is 0. The van der Waals surface area contributed by atoms with Crippen LogP contribution >= 0.6 is 0 Å². The van der Waals surface area contributed by atoms with Gasteiger partial charge in [0.2, 0.25) is 0 Å². The molecule has 0 aliphatic rings. The molecule has 1 aromatic carbocycles. The number of nitrogens with two attached hydrogens (primary N) is 1. The monoisotopic (exact) mass is 252 g/mol. The van der Waals surface area contributed by atoms with Crippen molar-refractivity contribution in [3.63, 3.8) is 0 Å². The number of fused-ring (bicyclic) bond motifs is 1. The fourth-order valence-corrected chi connectivity index (χ4v) is 1.88. The Morgan fingerprint density at radius 1 is 1.22 bits per heavy atom. The van der Waals surface area contributed by atoms with Gasteiger partial charge in [-0.15, -0.1) is 0 Å². The smallest absolute Gasteiger partial charge is 0.398 e. The number of hydrogen-bond donors (Lipinski definition) is 1. The molecule has 0 spiro atoms. The third-order valence-electron chi connectivity index (χ3n) is 2.69. The van der Waals surface area contributed by atoms with Gasteiger partial charge in [-0.2, -0.15) is 13.2 Å². The minimum atomic E-state index is -4.43. The average Bonchev–Trinajstić information content (AvgIpc) is 2.29. The van der Waals surface area contributed by atoms with Crippen molar-refractivity contribution >= 4 is 22.0 Å². The van der Waals surface area contributed by atoms with E-state index in [9.17, 15) is 13.2 Å². The number of rotatable bonds is 1. The lowest BCUT2D eigenvalue weighted by atomic mass is 10.0. The van der Waals surface area contributed by atoms with Crippen molar-refractivity contribution in [1.82, 2.24) is 4.98 Å². The van der Waals surface area contributed by atoms with E-state index in [1.807, 2.05) is 0 Å². The number of allylic oxidation sites excluding steroid dienone is 2. The first-order chi connectivity index (χ1) is 8.45. The van der Waals surface area contributed by atoms with E-state index in [2.05, 4.69) is 4.98 Å². The fourth-order valence-electron chi connectivity index (χ4n) is 1.88. The van der Waals surface area contributed by atoms with E-state index < -0.39 is 11.7 Å². The summed E-state index contributed by atoms with van der Waals surface area (Å²) in [4.78, 5) is 3.84. The van der Waals surface area contributed by atoms with E-state index in [1.54, 1.807) is 24.3 Å². The molecular weight excluding hydrogens is 241 g/mol. The molecule has 1 aromatic heterocycles. The molecule has 1 heterocycles. The zero-order valence-electron chi connectivity index (χ0n) is 9.62. The quantitative estimate of drug-likeness (QED) is 0.784. The highest BCUT2D eigenvalue weighted by molar-refractivity contribution is 5.99. The van der Waals surface area contributed by atoms with Crippen molar-refractivity contribution in [2.24, 2.45) is 0 Å². The van der Waals surface area contributed by atoms with Crippen molar-refractivity contribution in [2.75, 3.05) is 5.73 Å². The van der Waals surface area contributed by atoms with Crippen molar-refractivity contribution in [1.29, 1.82) is 0 Å². The predicted molar refractivity (Wildman–Crippen MR) is 65.9 cm³/mol. The Hall–Kier alpha value is -2.04. The standard InChI is InChI=1S/C13H11F3N2/c1-2-10(13(14,15)16)12-9-4-3-5-11(17)8(9)6-7-18-12/h2-7H,17H2,1H3/b10-2+. The lowest BCUT2D eigenvalue weighted by Crippen LogP contribution is -2.12. The maximum absolute atomic E-state index is 12.9. The molecule has 0 saturated carbocycles. The molecule has 0 saturated heterocycles. The van der Waals surface area contributed by atoms with Gasteiger partial charge < -0.3 is 5.73 Å². The van der Waals surface area contributed by atoms with E-state index >= 15 is 0 Å². The Morgan fingerprint density at radius 2 is 1.94 bits per heavy atom. The van der Waals surface area contributed by atoms with Crippen LogP contribution in [0.2, 0.25) is 0 Å². The van der Waals surface area contributed by atoms with Gasteiger partial charge in [0, 0.05) is 22.7 Å². The van der Waals surface area contributed by atoms with E-state index in [-0.39, 0.29) is 5.69 Å². The van der Waals surface area contributed by atoms with Gasteiger partial charge in [0.1, 0.15) is 0 Å². The second kappa shape index (κ2) is 4.33. The normalized spacial score (nSPS) is 13.0. The largest absolute Gasteiger partial charge is 0.418 e. The van der Waals surface area contributed by atoms with Crippen LogP contribution in [0.25, 0.3) is 16.3 Å². The van der Waals surface area contributed by atoms with Crippen LogP contribution in [0.4, 0.5) is 18.9 Å². The molecular formula is C13H11F3N2. The first-order valence-corrected chi connectivity index (χ1v) is 5.32. The summed E-state index contributed by atoms with van der Waals surface area (Å²) in [5.41, 5.74) is 5.35. The molecule has 2 nitrogen and oxygen atoms in total. The summed E-state index contributed by atoms with van der Waals surface area (Å²) < 4.78 is 38.7. The highest BCUT2D eigenvalue weighted by Crippen LogP contribution is 2.36. The number of halogens is 3. The van der Waals surface area contributed by atoms with Crippen LogP contribution in [0.3, 0.4) is 0 Å². The van der Waals surface area contributed by atoms with Crippen LogP contribution in [0, 0.1) is 0 Å². The second-order valence-corrected chi connectivity index (χ2v) is 3.80. The fraction of sp³-hybridized carbons (Fsp3) is 0.154. The van der Waals surface area contributed by atoms with Gasteiger partial charge in [-0.25, -0.2) is 0 Å². The molecule has 2 N–H and O–H groups in total. The van der Waals surface area contributed by atoms with E-state index in [4.69, 9.17) is 5.73 Å². The van der Waals surface area contributed by atoms with Crippen molar-refractivity contribution < 1.29 is 13.2 Å². The van der Waals surface area contributed by atoms with E-state index in [1.165, 1.54) is 13.1 Å². The lowest BCUT2D eigenvalue weighted by molar-refractivity contribution is -0.0691. The molecule has 5 heteroatoms. The van der Waals surface area contributed by atoms with Crippen LogP contribution in [-0.2, 0) is 0 Å². The Bertz CT molecular complexity index is 615. The molecule has 0 atom stereocenters. The van der Waals surface area contributed by atoms with Crippen molar-refractivity contribution in [2.45, 2.75) is 13.1 Å². The Labute approximate surface area is 102 Å². The topological polar surface area (TPSA) is 38.9 Å². The van der Waals surface area contributed by atoms with Crippen molar-refractivity contribution in [3.05, 3.63) is 42.2 Å². The average molecular weight is 252 g/mol. The zero-order valence-corrected chi connectivity index (χ0v) is 9.62. The summed E-state index contributed by atoms with van der Waals surface area (Å²) in [7, 11) is 0. The SMILES string of the molecule is C/C=C(\c1nccc2c(N)cccc12)C(F)(F)F. The van der Waals surface area contributed by atoms with E-state index in [0.717, 1.165) is 6.08 Å². The number of alkyl halides is 3. The molecule has 18 heavy (non-hydrogen) atoms. The maximum Gasteiger partial charge on any atom is 0.418 e. The minimum Gasteiger partial charge on any atom is -0.398 e. The van der Waals surface area contributed by atoms with Crippen LogP contribution < -0.4 is 5.73 Å². The van der Waals surface area contributed by atoms with Gasteiger partial charge >= 0.3 is 6.18 Å². The molecule has 2 rings (SSSR count). The molecule has 94 valence electrons. The number of nitrogens with zero attached hydrogens (tertiary/aromatic N) is 1. The molecule has 0 unspecified atom stereocenters. The maximum atomic E-state index is 12.9. The molecule has 0 amide bonds. The second-order valence-electron chi connectivity index (χ2n) is 3.80. The van der Waals surface area contributed by atoms with Crippen molar-refractivity contribution in [3.8, 4) is 0 Å². The summed E-state index contributed by atoms with van der Waals surface area (Å²) >= 11 is 0. The Morgan fingerprint density at radius 3 is 2.56 bits per heavy atom. The number of benzene rings is 1. The summed E-state index contributed by atoms with van der Waals surface area (Å²) in [6, 6.07) is 6.46. The van der Waals surface area contributed by atoms with Gasteiger partial charge in [0.15, 0.2) is 0 Å². The lowest BCUT2D eigenvalue weighted by Gasteiger charge is -2.13. The molecule has 0 fully saturated rings. The van der Waals surface area contributed by atoms with Gasteiger partial charge in [0.25, 0.3) is 0 Å². The van der Waals surface area contributed by atoms with Gasteiger partial charge in [-0.05, 0) is 19.1 Å². The van der Waals surface area contributed by atoms with Crippen LogP contribution in [0.1, 0.15) is 12.6 Å². The summed E-state index contributed by atoms with van der Waals surface area (Å²) in [6.45, 7) is 1.34. The summed E-state index contributed by atoms with van der Waals surface area (Å²) in [5, 5.41) is 0.981. The van der Waals surface area contributed by atoms with Gasteiger partial charge in [-0.1, -0.05) is 18.2 Å². The zero-order chi connectivity index (χ0) is 13.3. The molecule has 0 radical (unpaired) electrons. The highest BCUT2D eigenvalue weighted by atomic mass is 19.4. The first-order valence-electron chi connectivity index (χ1n) is 5.32. The third kappa shape index (κ3) is 2.03. The molecule has 0 bridgehead atoms. The Kier molecular flexibility index (Phi) is 2.98. The molecule has 2 aromatic rings. The minimum absolute atomic E-state index is 0.0881. The van der Waals surface area contributed by atoms with Crippen LogP contribution in [0.5, 0.6) is 0 Å². The van der Waals surface area contributed by atoms with Gasteiger partial charge in [-0.3, -0.25) is 4.98 Å². The third-order valence-corrected chi connectivity index (χ3v) is 2.69. The van der Waals surface area contributed by atoms with Crippen LogP contribution in [0.15, 0.2) is 36.5 Å². The predicted octanol–water partition coefficient (Wildman–Crippen LogP) is 3.78. The van der Waals surface area contributed by atoms with E-state index in [0.29, 0.717) is 16.5 Å². The number of anilines is 1. The molecule has 0 aliphatic heterocycles. The highest BCUT2D eigenvalue weighted by Gasteiger charge is 2.35. The first kappa shape index (κ1) is 12.4.